The number of carbonyl (C=O) groups excluding carboxylic acids is 1. The molecule has 0 radical (unpaired) electrons. The monoisotopic (exact) mass is 247 g/mol. The number of hydrogen-bond donors (Lipinski definition) is 1. The Bertz CT molecular complexity index is 489. The van der Waals surface area contributed by atoms with Crippen LogP contribution in [-0.4, -0.2) is 16.4 Å². The molecule has 5 heteroatoms. The predicted octanol–water partition coefficient (Wildman–Crippen LogP) is 2.18. The summed E-state index contributed by atoms with van der Waals surface area (Å²) in [7, 11) is 0. The second-order valence-electron chi connectivity index (χ2n) is 4.60. The summed E-state index contributed by atoms with van der Waals surface area (Å²) in [4.78, 5) is 15.6. The van der Waals surface area contributed by atoms with Crippen molar-refractivity contribution in [2.45, 2.75) is 37.6 Å². The second kappa shape index (κ2) is 5.13. The van der Waals surface area contributed by atoms with E-state index in [4.69, 9.17) is 0 Å². The molecule has 0 bridgehead atoms. The first-order valence-corrected chi connectivity index (χ1v) is 5.99. The molecule has 1 amide bonds. The third-order valence-corrected chi connectivity index (χ3v) is 3.24. The van der Waals surface area contributed by atoms with E-state index in [2.05, 4.69) is 16.4 Å². The average Bonchev–Trinajstić information content (AvgIpc) is 2.40. The number of carbonyl (C=O) groups is 1. The third-order valence-electron chi connectivity index (χ3n) is 3.24. The van der Waals surface area contributed by atoms with Crippen molar-refractivity contribution in [1.29, 1.82) is 5.26 Å². The molecule has 0 spiro atoms. The van der Waals surface area contributed by atoms with Crippen molar-refractivity contribution in [1.82, 2.24) is 10.3 Å². The normalized spacial score (nSPS) is 17.8. The maximum atomic E-state index is 13.0. The van der Waals surface area contributed by atoms with Crippen molar-refractivity contribution in [3.63, 3.8) is 0 Å². The summed E-state index contributed by atoms with van der Waals surface area (Å²) < 4.78 is 13.0. The summed E-state index contributed by atoms with van der Waals surface area (Å²) in [5.74, 6) is -0.997. The van der Waals surface area contributed by atoms with E-state index < -0.39 is 17.3 Å². The SMILES string of the molecule is N#CC1(NC(=O)c2cncc(F)c2)CCCCC1. The number of halogens is 1. The fourth-order valence-electron chi connectivity index (χ4n) is 2.25. The first-order chi connectivity index (χ1) is 8.65. The van der Waals surface area contributed by atoms with Crippen LogP contribution in [0.4, 0.5) is 4.39 Å². The molecule has 4 nitrogen and oxygen atoms in total. The molecular weight excluding hydrogens is 233 g/mol. The fraction of sp³-hybridized carbons (Fsp3) is 0.462. The molecule has 1 saturated carbocycles. The van der Waals surface area contributed by atoms with Gasteiger partial charge in [-0.25, -0.2) is 4.39 Å². The van der Waals surface area contributed by atoms with Crippen molar-refractivity contribution >= 4 is 5.91 Å². The highest BCUT2D eigenvalue weighted by molar-refractivity contribution is 5.94. The Balaban J connectivity index is 2.13. The average molecular weight is 247 g/mol. The van der Waals surface area contributed by atoms with Crippen molar-refractivity contribution in [2.75, 3.05) is 0 Å². The van der Waals surface area contributed by atoms with Crippen LogP contribution in [0.25, 0.3) is 0 Å². The molecule has 1 N–H and O–H groups in total. The van der Waals surface area contributed by atoms with E-state index in [1.54, 1.807) is 0 Å². The molecule has 0 aromatic carbocycles. The summed E-state index contributed by atoms with van der Waals surface area (Å²) in [5, 5.41) is 12.0. The molecular formula is C13H14FN3O. The van der Waals surface area contributed by atoms with Gasteiger partial charge in [0.1, 0.15) is 11.4 Å². The van der Waals surface area contributed by atoms with Crippen LogP contribution in [0.15, 0.2) is 18.5 Å². The number of nitrogens with one attached hydrogen (secondary N) is 1. The number of amides is 1. The van der Waals surface area contributed by atoms with Gasteiger partial charge in [0.25, 0.3) is 5.91 Å². The van der Waals surface area contributed by atoms with Crippen molar-refractivity contribution in [3.8, 4) is 6.07 Å². The van der Waals surface area contributed by atoms with E-state index in [1.807, 2.05) is 0 Å². The zero-order valence-corrected chi connectivity index (χ0v) is 9.95. The van der Waals surface area contributed by atoms with Crippen LogP contribution < -0.4 is 5.32 Å². The molecule has 0 unspecified atom stereocenters. The Labute approximate surface area is 105 Å². The molecule has 1 aliphatic rings. The minimum Gasteiger partial charge on any atom is -0.334 e. The van der Waals surface area contributed by atoms with Gasteiger partial charge in [0.15, 0.2) is 0 Å². The van der Waals surface area contributed by atoms with E-state index in [0.717, 1.165) is 31.5 Å². The summed E-state index contributed by atoms with van der Waals surface area (Å²) in [6, 6.07) is 3.31. The first kappa shape index (κ1) is 12.5. The van der Waals surface area contributed by atoms with Gasteiger partial charge in [-0.3, -0.25) is 9.78 Å². The zero-order chi connectivity index (χ0) is 13.0. The Hall–Kier alpha value is -1.96. The largest absolute Gasteiger partial charge is 0.334 e. The van der Waals surface area contributed by atoms with E-state index in [-0.39, 0.29) is 5.56 Å². The van der Waals surface area contributed by atoms with Gasteiger partial charge in [-0.2, -0.15) is 5.26 Å². The highest BCUT2D eigenvalue weighted by atomic mass is 19.1. The highest BCUT2D eigenvalue weighted by Crippen LogP contribution is 2.27. The lowest BCUT2D eigenvalue weighted by Gasteiger charge is -2.31. The van der Waals surface area contributed by atoms with E-state index in [0.29, 0.717) is 12.8 Å². The molecule has 0 saturated heterocycles. The molecule has 1 fully saturated rings. The molecule has 1 aromatic rings. The molecule has 0 aliphatic heterocycles. The van der Waals surface area contributed by atoms with Gasteiger partial charge in [0.2, 0.25) is 0 Å². The Morgan fingerprint density at radius 2 is 2.11 bits per heavy atom. The van der Waals surface area contributed by atoms with Crippen LogP contribution in [0.1, 0.15) is 42.5 Å². The minimum absolute atomic E-state index is 0.148. The minimum atomic E-state index is -0.804. The number of hydrogen-bond acceptors (Lipinski definition) is 3. The van der Waals surface area contributed by atoms with Gasteiger partial charge in [0.05, 0.1) is 17.8 Å². The molecule has 1 heterocycles. The van der Waals surface area contributed by atoms with Crippen LogP contribution >= 0.6 is 0 Å². The van der Waals surface area contributed by atoms with Crippen molar-refractivity contribution in [2.24, 2.45) is 0 Å². The smallest absolute Gasteiger partial charge is 0.254 e. The topological polar surface area (TPSA) is 65.8 Å². The van der Waals surface area contributed by atoms with E-state index in [1.165, 1.54) is 6.20 Å². The molecule has 18 heavy (non-hydrogen) atoms. The third kappa shape index (κ3) is 2.65. The number of nitrogens with zero attached hydrogens (tertiary/aromatic N) is 2. The van der Waals surface area contributed by atoms with E-state index in [9.17, 15) is 14.4 Å². The number of rotatable bonds is 2. The maximum absolute atomic E-state index is 13.0. The molecule has 1 aromatic heterocycles. The van der Waals surface area contributed by atoms with Gasteiger partial charge in [-0.1, -0.05) is 19.3 Å². The Morgan fingerprint density at radius 1 is 1.39 bits per heavy atom. The van der Waals surface area contributed by atoms with Crippen LogP contribution in [0.3, 0.4) is 0 Å². The quantitative estimate of drug-likeness (QED) is 0.871. The Kier molecular flexibility index (Phi) is 3.56. The lowest BCUT2D eigenvalue weighted by Crippen LogP contribution is -2.48. The van der Waals surface area contributed by atoms with Crippen LogP contribution in [0.2, 0.25) is 0 Å². The summed E-state index contributed by atoms with van der Waals surface area (Å²) in [6.45, 7) is 0. The van der Waals surface area contributed by atoms with Gasteiger partial charge in [-0.15, -0.1) is 0 Å². The highest BCUT2D eigenvalue weighted by Gasteiger charge is 2.33. The number of pyridine rings is 1. The standard InChI is InChI=1S/C13H14FN3O/c14-11-6-10(7-16-8-11)12(18)17-13(9-15)4-2-1-3-5-13/h6-8H,1-5H2,(H,17,18). The van der Waals surface area contributed by atoms with Gasteiger partial charge in [0, 0.05) is 6.20 Å². The summed E-state index contributed by atoms with van der Waals surface area (Å²) >= 11 is 0. The van der Waals surface area contributed by atoms with Crippen LogP contribution in [-0.2, 0) is 0 Å². The lowest BCUT2D eigenvalue weighted by molar-refractivity contribution is 0.0902. The molecule has 0 atom stereocenters. The van der Waals surface area contributed by atoms with Gasteiger partial charge in [-0.05, 0) is 18.9 Å². The van der Waals surface area contributed by atoms with Gasteiger partial charge < -0.3 is 5.32 Å². The van der Waals surface area contributed by atoms with Crippen LogP contribution in [0, 0.1) is 17.1 Å². The van der Waals surface area contributed by atoms with Crippen molar-refractivity contribution < 1.29 is 9.18 Å². The summed E-state index contributed by atoms with van der Waals surface area (Å²) in [6.07, 6.45) is 6.57. The second-order valence-corrected chi connectivity index (χ2v) is 4.60. The first-order valence-electron chi connectivity index (χ1n) is 5.99. The molecule has 94 valence electrons. The van der Waals surface area contributed by atoms with E-state index >= 15 is 0 Å². The zero-order valence-electron chi connectivity index (χ0n) is 9.95. The van der Waals surface area contributed by atoms with Crippen LogP contribution in [0.5, 0.6) is 0 Å². The maximum Gasteiger partial charge on any atom is 0.254 e. The van der Waals surface area contributed by atoms with Crippen molar-refractivity contribution in [3.05, 3.63) is 29.8 Å². The fourth-order valence-corrected chi connectivity index (χ4v) is 2.25. The Morgan fingerprint density at radius 3 is 2.72 bits per heavy atom. The number of aromatic nitrogens is 1. The molecule has 1 aliphatic carbocycles. The lowest BCUT2D eigenvalue weighted by atomic mass is 9.82. The summed E-state index contributed by atoms with van der Waals surface area (Å²) in [5.41, 5.74) is -0.656. The van der Waals surface area contributed by atoms with Gasteiger partial charge >= 0.3 is 0 Å². The molecule has 2 rings (SSSR count). The predicted molar refractivity (Wildman–Crippen MR) is 63.1 cm³/mol. The number of nitriles is 1.